The van der Waals surface area contributed by atoms with E-state index in [1.165, 1.54) is 23.5 Å². The molecule has 0 aliphatic carbocycles. The van der Waals surface area contributed by atoms with Crippen molar-refractivity contribution in [3.8, 4) is 11.8 Å². The maximum Gasteiger partial charge on any atom is 0.270 e. The van der Waals surface area contributed by atoms with Crippen LogP contribution in [0.1, 0.15) is 16.3 Å². The van der Waals surface area contributed by atoms with Crippen molar-refractivity contribution in [3.63, 3.8) is 0 Å². The Hall–Kier alpha value is -2.19. The molecule has 5 heteroatoms. The van der Waals surface area contributed by atoms with Gasteiger partial charge < -0.3 is 0 Å². The van der Waals surface area contributed by atoms with E-state index in [1.807, 2.05) is 12.3 Å². The molecule has 2 rings (SSSR count). The quantitative estimate of drug-likeness (QED) is 0.440. The first kappa shape index (κ1) is 11.3. The zero-order valence-electron chi connectivity index (χ0n) is 9.01. The number of benzene rings is 1. The van der Waals surface area contributed by atoms with Crippen LogP contribution >= 0.6 is 11.3 Å². The van der Waals surface area contributed by atoms with Gasteiger partial charge in [-0.2, -0.15) is 0 Å². The molecule has 0 saturated carbocycles. The number of nitro groups is 1. The van der Waals surface area contributed by atoms with Gasteiger partial charge in [0.15, 0.2) is 0 Å². The Labute approximate surface area is 102 Å². The highest BCUT2D eigenvalue weighted by molar-refractivity contribution is 7.09. The van der Waals surface area contributed by atoms with Gasteiger partial charge in [-0.25, -0.2) is 4.98 Å². The molecular formula is C12H8N2O2S. The number of nitrogens with zero attached hydrogens (tertiary/aromatic N) is 2. The zero-order chi connectivity index (χ0) is 12.3. The van der Waals surface area contributed by atoms with Gasteiger partial charge in [-0.05, 0) is 18.9 Å². The number of hydrogen-bond acceptors (Lipinski definition) is 4. The van der Waals surface area contributed by atoms with Crippen molar-refractivity contribution in [1.82, 2.24) is 4.98 Å². The molecule has 4 nitrogen and oxygen atoms in total. The first-order chi connectivity index (χ1) is 8.15. The van der Waals surface area contributed by atoms with Gasteiger partial charge in [-0.15, -0.1) is 11.3 Å². The van der Waals surface area contributed by atoms with Crippen molar-refractivity contribution < 1.29 is 4.92 Å². The third kappa shape index (κ3) is 2.89. The average Bonchev–Trinajstić information content (AvgIpc) is 2.73. The predicted octanol–water partition coefficient (Wildman–Crippen LogP) is 2.76. The van der Waals surface area contributed by atoms with E-state index in [-0.39, 0.29) is 5.69 Å². The van der Waals surface area contributed by atoms with Crippen LogP contribution in [0.15, 0.2) is 29.6 Å². The molecule has 1 aromatic heterocycles. The van der Waals surface area contributed by atoms with Crippen molar-refractivity contribution in [2.75, 3.05) is 0 Å². The van der Waals surface area contributed by atoms with Gasteiger partial charge in [0.05, 0.1) is 9.93 Å². The summed E-state index contributed by atoms with van der Waals surface area (Å²) in [6.07, 6.45) is 0. The molecule has 0 aliphatic rings. The molecule has 0 saturated heterocycles. The molecule has 0 radical (unpaired) electrons. The van der Waals surface area contributed by atoms with Crippen molar-refractivity contribution in [2.24, 2.45) is 0 Å². The predicted molar refractivity (Wildman–Crippen MR) is 65.9 cm³/mol. The van der Waals surface area contributed by atoms with Crippen LogP contribution in [0.25, 0.3) is 0 Å². The summed E-state index contributed by atoms with van der Waals surface area (Å²) in [5.41, 5.74) is 1.36. The van der Waals surface area contributed by atoms with Gasteiger partial charge in [0.25, 0.3) is 5.69 Å². The number of nitro benzene ring substituents is 1. The van der Waals surface area contributed by atoms with E-state index in [0.29, 0.717) is 11.3 Å². The average molecular weight is 244 g/mol. The van der Waals surface area contributed by atoms with E-state index in [0.717, 1.165) is 5.01 Å². The topological polar surface area (TPSA) is 56.0 Å². The normalized spacial score (nSPS) is 9.47. The summed E-state index contributed by atoms with van der Waals surface area (Å²) in [5.74, 6) is 5.73. The van der Waals surface area contributed by atoms with Crippen LogP contribution in [0.4, 0.5) is 5.69 Å². The first-order valence-corrected chi connectivity index (χ1v) is 5.72. The molecule has 0 fully saturated rings. The Morgan fingerprint density at radius 1 is 1.41 bits per heavy atom. The Bertz CT molecular complexity index is 623. The number of aryl methyl sites for hydroxylation is 1. The minimum absolute atomic E-state index is 0.0475. The molecule has 0 atom stereocenters. The van der Waals surface area contributed by atoms with Crippen molar-refractivity contribution >= 4 is 17.0 Å². The summed E-state index contributed by atoms with van der Waals surface area (Å²) in [7, 11) is 0. The lowest BCUT2D eigenvalue weighted by Gasteiger charge is -1.91. The fraction of sp³-hybridized carbons (Fsp3) is 0.0833. The van der Waals surface area contributed by atoms with Crippen LogP contribution in [0.5, 0.6) is 0 Å². The maximum atomic E-state index is 10.6. The standard InChI is InChI=1S/C12H8N2O2S/c1-9-13-11(8-17-9)6-5-10-3-2-4-12(7-10)14(15)16/h2-4,7-8H,1H3. The Kier molecular flexibility index (Phi) is 3.17. The van der Waals surface area contributed by atoms with Crippen LogP contribution in [0.3, 0.4) is 0 Å². The Morgan fingerprint density at radius 3 is 2.88 bits per heavy atom. The van der Waals surface area contributed by atoms with Gasteiger partial charge in [0, 0.05) is 23.1 Å². The summed E-state index contributed by atoms with van der Waals surface area (Å²) in [6, 6.07) is 6.25. The summed E-state index contributed by atoms with van der Waals surface area (Å²) >= 11 is 1.53. The van der Waals surface area contributed by atoms with Gasteiger partial charge in [-0.1, -0.05) is 12.0 Å². The summed E-state index contributed by atoms with van der Waals surface area (Å²) in [5, 5.41) is 13.4. The molecular weight excluding hydrogens is 236 g/mol. The van der Waals surface area contributed by atoms with Crippen LogP contribution in [0, 0.1) is 28.9 Å². The lowest BCUT2D eigenvalue weighted by atomic mass is 10.2. The fourth-order valence-electron chi connectivity index (χ4n) is 1.25. The highest BCUT2D eigenvalue weighted by Crippen LogP contribution is 2.12. The number of hydrogen-bond donors (Lipinski definition) is 0. The molecule has 0 spiro atoms. The molecule has 0 N–H and O–H groups in total. The van der Waals surface area contributed by atoms with Gasteiger partial charge in [-0.3, -0.25) is 10.1 Å². The molecule has 2 aromatic rings. The highest BCUT2D eigenvalue weighted by atomic mass is 32.1. The van der Waals surface area contributed by atoms with Gasteiger partial charge in [0.2, 0.25) is 0 Å². The van der Waals surface area contributed by atoms with Crippen LogP contribution in [-0.2, 0) is 0 Å². The molecule has 0 aliphatic heterocycles. The number of non-ortho nitro benzene ring substituents is 1. The van der Waals surface area contributed by atoms with E-state index in [9.17, 15) is 10.1 Å². The van der Waals surface area contributed by atoms with Crippen LogP contribution in [-0.4, -0.2) is 9.91 Å². The SMILES string of the molecule is Cc1nc(C#Cc2cccc([N+](=O)[O-])c2)cs1. The molecule has 0 amide bonds. The fourth-order valence-corrected chi connectivity index (χ4v) is 1.80. The van der Waals surface area contributed by atoms with E-state index in [4.69, 9.17) is 0 Å². The minimum atomic E-state index is -0.432. The largest absolute Gasteiger partial charge is 0.270 e. The van der Waals surface area contributed by atoms with E-state index >= 15 is 0 Å². The molecule has 1 aromatic carbocycles. The van der Waals surface area contributed by atoms with Crippen LogP contribution in [0.2, 0.25) is 0 Å². The minimum Gasteiger partial charge on any atom is -0.258 e. The lowest BCUT2D eigenvalue weighted by Crippen LogP contribution is -1.87. The van der Waals surface area contributed by atoms with Gasteiger partial charge in [0.1, 0.15) is 5.69 Å². The van der Waals surface area contributed by atoms with Crippen LogP contribution < -0.4 is 0 Å². The van der Waals surface area contributed by atoms with Gasteiger partial charge >= 0.3 is 0 Å². The second-order valence-electron chi connectivity index (χ2n) is 3.31. The summed E-state index contributed by atoms with van der Waals surface area (Å²) < 4.78 is 0. The maximum absolute atomic E-state index is 10.6. The smallest absolute Gasteiger partial charge is 0.258 e. The first-order valence-electron chi connectivity index (χ1n) is 4.84. The molecule has 84 valence electrons. The Balaban J connectivity index is 2.27. The molecule has 0 bridgehead atoms. The second-order valence-corrected chi connectivity index (χ2v) is 4.37. The molecule has 0 unspecified atom stereocenters. The summed E-state index contributed by atoms with van der Waals surface area (Å²) in [6.45, 7) is 1.91. The highest BCUT2D eigenvalue weighted by Gasteiger charge is 2.03. The third-order valence-corrected chi connectivity index (χ3v) is 2.78. The van der Waals surface area contributed by atoms with E-state index < -0.39 is 4.92 Å². The van der Waals surface area contributed by atoms with E-state index in [2.05, 4.69) is 16.8 Å². The number of thiazole rings is 1. The molecule has 1 heterocycles. The number of aromatic nitrogens is 1. The zero-order valence-corrected chi connectivity index (χ0v) is 9.82. The monoisotopic (exact) mass is 244 g/mol. The third-order valence-electron chi connectivity index (χ3n) is 2.01. The summed E-state index contributed by atoms with van der Waals surface area (Å²) in [4.78, 5) is 14.3. The molecule has 17 heavy (non-hydrogen) atoms. The van der Waals surface area contributed by atoms with E-state index in [1.54, 1.807) is 12.1 Å². The van der Waals surface area contributed by atoms with Crippen molar-refractivity contribution in [2.45, 2.75) is 6.92 Å². The second kappa shape index (κ2) is 4.76. The number of rotatable bonds is 1. The van der Waals surface area contributed by atoms with Crippen molar-refractivity contribution in [3.05, 3.63) is 56.0 Å². The van der Waals surface area contributed by atoms with Crippen molar-refractivity contribution in [1.29, 1.82) is 0 Å². The lowest BCUT2D eigenvalue weighted by molar-refractivity contribution is -0.384. The Morgan fingerprint density at radius 2 is 2.24 bits per heavy atom.